The summed E-state index contributed by atoms with van der Waals surface area (Å²) >= 11 is 0. The second kappa shape index (κ2) is 13.5. The van der Waals surface area contributed by atoms with Gasteiger partial charge in [-0.3, -0.25) is 0 Å². The first-order chi connectivity index (χ1) is 8.38. The van der Waals surface area contributed by atoms with Gasteiger partial charge in [0.2, 0.25) is 0 Å². The van der Waals surface area contributed by atoms with Gasteiger partial charge in [-0.1, -0.05) is 78.2 Å². The predicted octanol–water partition coefficient (Wildman–Crippen LogP) is 6.39. The first-order valence-electron chi connectivity index (χ1n) is 7.73. The summed E-state index contributed by atoms with van der Waals surface area (Å²) < 4.78 is 0. The van der Waals surface area contributed by atoms with Crippen molar-refractivity contribution in [3.05, 3.63) is 23.8 Å². The molecule has 0 aromatic heterocycles. The average molecular weight is 238 g/mol. The van der Waals surface area contributed by atoms with E-state index in [4.69, 9.17) is 0 Å². The summed E-state index contributed by atoms with van der Waals surface area (Å²) in [7, 11) is 0. The van der Waals surface area contributed by atoms with Gasteiger partial charge in [-0.05, 0) is 31.6 Å². The summed E-state index contributed by atoms with van der Waals surface area (Å²) in [5, 5.41) is 0. The summed E-state index contributed by atoms with van der Waals surface area (Å²) in [6, 6.07) is 0. The molecule has 0 N–H and O–H groups in total. The second-order valence-corrected chi connectivity index (χ2v) is 3.85. The van der Waals surface area contributed by atoms with Crippen LogP contribution in [0.5, 0.6) is 0 Å². The van der Waals surface area contributed by atoms with Crippen molar-refractivity contribution in [3.63, 3.8) is 0 Å². The maximum Gasteiger partial charge on any atom is -0.0140 e. The minimum Gasteiger partial charge on any atom is -0.0808 e. The molecule has 102 valence electrons. The summed E-state index contributed by atoms with van der Waals surface area (Å²) in [6.45, 7) is 14.3. The molecular weight excluding hydrogens is 204 g/mol. The fourth-order valence-corrected chi connectivity index (χ4v) is 2.43. The number of hydrogen-bond acceptors (Lipinski definition) is 0. The fourth-order valence-electron chi connectivity index (χ4n) is 2.43. The van der Waals surface area contributed by atoms with Crippen LogP contribution in [0.3, 0.4) is 0 Å². The zero-order chi connectivity index (χ0) is 13.7. The molecule has 0 aromatic rings. The van der Waals surface area contributed by atoms with Gasteiger partial charge in [0.25, 0.3) is 0 Å². The van der Waals surface area contributed by atoms with Gasteiger partial charge in [0, 0.05) is 0 Å². The van der Waals surface area contributed by atoms with E-state index < -0.39 is 0 Å². The van der Waals surface area contributed by atoms with Gasteiger partial charge in [-0.25, -0.2) is 0 Å². The van der Waals surface area contributed by atoms with Crippen LogP contribution in [-0.4, -0.2) is 0 Å². The third-order valence-electron chi connectivity index (χ3n) is 3.12. The highest BCUT2D eigenvalue weighted by Gasteiger charge is 2.25. The molecule has 0 spiro atoms. The minimum atomic E-state index is 0.883. The Bertz CT molecular complexity index is 198. The monoisotopic (exact) mass is 238 g/mol. The Hall–Kier alpha value is -0.520. The maximum atomic E-state index is 2.40. The van der Waals surface area contributed by atoms with Gasteiger partial charge in [-0.15, -0.1) is 0 Å². The van der Waals surface area contributed by atoms with Gasteiger partial charge in [0.15, 0.2) is 0 Å². The summed E-state index contributed by atoms with van der Waals surface area (Å²) in [4.78, 5) is 0. The van der Waals surface area contributed by atoms with E-state index in [2.05, 4.69) is 25.2 Å². The molecule has 2 rings (SSSR count). The number of hydrogen-bond donors (Lipinski definition) is 0. The van der Waals surface area contributed by atoms with Crippen LogP contribution in [0.25, 0.3) is 0 Å². The zero-order valence-corrected chi connectivity index (χ0v) is 13.2. The van der Waals surface area contributed by atoms with Gasteiger partial charge in [0.1, 0.15) is 0 Å². The van der Waals surface area contributed by atoms with E-state index in [9.17, 15) is 0 Å². The van der Waals surface area contributed by atoms with Crippen LogP contribution < -0.4 is 0 Å². The lowest BCUT2D eigenvalue weighted by Crippen LogP contribution is -2.20. The molecule has 0 amide bonds. The molecule has 17 heavy (non-hydrogen) atoms. The largest absolute Gasteiger partial charge is 0.0808 e. The molecule has 0 heteroatoms. The van der Waals surface area contributed by atoms with E-state index in [1.807, 2.05) is 41.5 Å². The predicted molar refractivity (Wildman–Crippen MR) is 82.4 cm³/mol. The number of fused-ring (bicyclic) bond motifs is 1. The quantitative estimate of drug-likeness (QED) is 0.459. The molecular formula is C17H34. The molecule has 0 radical (unpaired) electrons. The highest BCUT2D eigenvalue weighted by Crippen LogP contribution is 2.37. The molecule has 0 nitrogen and oxygen atoms in total. The van der Waals surface area contributed by atoms with Gasteiger partial charge >= 0.3 is 0 Å². The van der Waals surface area contributed by atoms with E-state index in [0.717, 1.165) is 11.8 Å². The van der Waals surface area contributed by atoms with Crippen LogP contribution in [0.4, 0.5) is 0 Å². The Balaban J connectivity index is 0. The Morgan fingerprint density at radius 3 is 1.94 bits per heavy atom. The van der Waals surface area contributed by atoms with Crippen molar-refractivity contribution in [2.45, 2.75) is 74.1 Å². The third kappa shape index (κ3) is 6.71. The summed E-state index contributed by atoms with van der Waals surface area (Å²) in [6.07, 6.45) is 12.7. The van der Waals surface area contributed by atoms with Crippen molar-refractivity contribution in [3.8, 4) is 0 Å². The number of allylic oxidation sites excluding steroid dienone is 4. The lowest BCUT2D eigenvalue weighted by Gasteiger charge is -2.32. The van der Waals surface area contributed by atoms with E-state index in [-0.39, 0.29) is 0 Å². The summed E-state index contributed by atoms with van der Waals surface area (Å²) in [5.41, 5.74) is 1.61. The SMILES string of the molecule is CC.CC.CC.CC1=CC=CC2CCCCC12. The van der Waals surface area contributed by atoms with E-state index in [1.54, 1.807) is 5.57 Å². The Labute approximate surface area is 110 Å². The zero-order valence-electron chi connectivity index (χ0n) is 13.2. The third-order valence-corrected chi connectivity index (χ3v) is 3.12. The normalized spacial score (nSPS) is 24.5. The molecule has 0 aliphatic heterocycles. The Kier molecular flexibility index (Phi) is 15.0. The fraction of sp³-hybridized carbons (Fsp3) is 0.765. The maximum absolute atomic E-state index is 2.40. The van der Waals surface area contributed by atoms with Crippen LogP contribution in [0.1, 0.15) is 74.1 Å². The minimum absolute atomic E-state index is 0.883. The molecule has 0 saturated heterocycles. The van der Waals surface area contributed by atoms with Crippen molar-refractivity contribution >= 4 is 0 Å². The van der Waals surface area contributed by atoms with Crippen LogP contribution in [0, 0.1) is 11.8 Å². The molecule has 2 unspecified atom stereocenters. The average Bonchev–Trinajstić information content (AvgIpc) is 2.46. The summed E-state index contributed by atoms with van der Waals surface area (Å²) in [5.74, 6) is 1.78. The molecule has 0 aromatic carbocycles. The van der Waals surface area contributed by atoms with Crippen LogP contribution in [0.15, 0.2) is 23.8 Å². The molecule has 2 atom stereocenters. The lowest BCUT2D eigenvalue weighted by molar-refractivity contribution is 0.320. The van der Waals surface area contributed by atoms with Crippen LogP contribution in [0.2, 0.25) is 0 Å². The smallest absolute Gasteiger partial charge is 0.0140 e. The van der Waals surface area contributed by atoms with Crippen molar-refractivity contribution in [2.24, 2.45) is 11.8 Å². The molecule has 1 saturated carbocycles. The van der Waals surface area contributed by atoms with E-state index in [0.29, 0.717) is 0 Å². The van der Waals surface area contributed by atoms with Crippen molar-refractivity contribution in [1.82, 2.24) is 0 Å². The first kappa shape index (κ1) is 18.8. The van der Waals surface area contributed by atoms with Crippen molar-refractivity contribution in [1.29, 1.82) is 0 Å². The van der Waals surface area contributed by atoms with Crippen LogP contribution in [-0.2, 0) is 0 Å². The van der Waals surface area contributed by atoms with Crippen molar-refractivity contribution in [2.75, 3.05) is 0 Å². The molecule has 2 aliphatic carbocycles. The Morgan fingerprint density at radius 2 is 1.41 bits per heavy atom. The highest BCUT2D eigenvalue weighted by atomic mass is 14.3. The van der Waals surface area contributed by atoms with Crippen LogP contribution >= 0.6 is 0 Å². The molecule has 0 bridgehead atoms. The molecule has 2 aliphatic rings. The lowest BCUT2D eigenvalue weighted by atomic mass is 9.73. The topological polar surface area (TPSA) is 0 Å². The first-order valence-corrected chi connectivity index (χ1v) is 7.73. The van der Waals surface area contributed by atoms with Crippen molar-refractivity contribution < 1.29 is 0 Å². The standard InChI is InChI=1S/C11H16.3C2H6/c1-9-5-4-7-10-6-2-3-8-11(9)10;3*1-2/h4-5,7,10-11H,2-3,6,8H2,1H3;3*1-2H3. The van der Waals surface area contributed by atoms with Gasteiger partial charge in [-0.2, -0.15) is 0 Å². The van der Waals surface area contributed by atoms with Gasteiger partial charge in [0.05, 0.1) is 0 Å². The highest BCUT2D eigenvalue weighted by molar-refractivity contribution is 5.22. The molecule has 1 fully saturated rings. The van der Waals surface area contributed by atoms with E-state index >= 15 is 0 Å². The number of rotatable bonds is 0. The second-order valence-electron chi connectivity index (χ2n) is 3.85. The van der Waals surface area contributed by atoms with Gasteiger partial charge < -0.3 is 0 Å². The Morgan fingerprint density at radius 1 is 0.882 bits per heavy atom. The molecule has 0 heterocycles. The van der Waals surface area contributed by atoms with E-state index in [1.165, 1.54) is 25.7 Å².